The fraction of sp³-hybridized carbons (Fsp3) is 0.900. The molecule has 1 heterocycles. The summed E-state index contributed by atoms with van der Waals surface area (Å²) in [6, 6.07) is 0. The molecule has 1 N–H and O–H groups in total. The van der Waals surface area contributed by atoms with Crippen molar-refractivity contribution in [2.45, 2.75) is 18.1 Å². The van der Waals surface area contributed by atoms with E-state index in [4.69, 9.17) is 9.47 Å². The van der Waals surface area contributed by atoms with Crippen LogP contribution in [0.4, 0.5) is 0 Å². The summed E-state index contributed by atoms with van der Waals surface area (Å²) in [5, 5.41) is 3.48. The molecule has 0 aromatic rings. The van der Waals surface area contributed by atoms with Crippen molar-refractivity contribution in [2.24, 2.45) is 0 Å². The van der Waals surface area contributed by atoms with Gasteiger partial charge in [-0.1, -0.05) is 0 Å². The molecule has 1 fully saturated rings. The van der Waals surface area contributed by atoms with Gasteiger partial charge in [0.05, 0.1) is 13.2 Å². The highest BCUT2D eigenvalue weighted by Crippen LogP contribution is 2.25. The maximum atomic E-state index is 11.3. The smallest absolute Gasteiger partial charge is 0.246 e. The number of hydrogen-bond acceptors (Lipinski definition) is 4. The van der Waals surface area contributed by atoms with E-state index in [-0.39, 0.29) is 12.5 Å². The Morgan fingerprint density at radius 1 is 1.53 bits per heavy atom. The van der Waals surface area contributed by atoms with Gasteiger partial charge in [0.25, 0.3) is 0 Å². The van der Waals surface area contributed by atoms with E-state index in [1.54, 1.807) is 7.11 Å². The van der Waals surface area contributed by atoms with Crippen molar-refractivity contribution in [2.75, 3.05) is 39.2 Å². The second-order valence-electron chi connectivity index (χ2n) is 3.48. The van der Waals surface area contributed by atoms with Gasteiger partial charge in [0.1, 0.15) is 6.61 Å². The lowest BCUT2D eigenvalue weighted by Gasteiger charge is -2.10. The van der Waals surface area contributed by atoms with Crippen LogP contribution >= 0.6 is 11.8 Å². The van der Waals surface area contributed by atoms with E-state index in [1.165, 1.54) is 18.6 Å². The van der Waals surface area contributed by atoms with Crippen molar-refractivity contribution in [3.05, 3.63) is 0 Å². The molecule has 1 amide bonds. The summed E-state index contributed by atoms with van der Waals surface area (Å²) in [6.07, 6.45) is 2.49. The van der Waals surface area contributed by atoms with E-state index in [9.17, 15) is 4.79 Å². The quantitative estimate of drug-likeness (QED) is 0.656. The molecular formula is C10H19NO3S. The molecule has 1 aliphatic rings. The van der Waals surface area contributed by atoms with E-state index in [1.807, 2.05) is 11.8 Å². The molecule has 88 valence electrons. The highest BCUT2D eigenvalue weighted by Gasteiger charge is 2.15. The third kappa shape index (κ3) is 6.02. The first kappa shape index (κ1) is 12.8. The molecular weight excluding hydrogens is 214 g/mol. The molecule has 0 radical (unpaired) electrons. The highest BCUT2D eigenvalue weighted by molar-refractivity contribution is 8.00. The predicted molar refractivity (Wildman–Crippen MR) is 61.2 cm³/mol. The topological polar surface area (TPSA) is 47.6 Å². The van der Waals surface area contributed by atoms with Crippen LogP contribution in [-0.2, 0) is 14.3 Å². The normalized spacial score (nSPS) is 20.5. The standard InChI is InChI=1S/C10H19NO3S/c1-13-4-5-14-8-10(12)11-7-9-3-2-6-15-9/h9H,2-8H2,1H3,(H,11,12). The number of hydrogen-bond donors (Lipinski definition) is 1. The number of rotatable bonds is 7. The van der Waals surface area contributed by atoms with Gasteiger partial charge in [0, 0.05) is 18.9 Å². The minimum absolute atomic E-state index is 0.0291. The first-order valence-corrected chi connectivity index (χ1v) is 6.33. The van der Waals surface area contributed by atoms with Gasteiger partial charge in [-0.3, -0.25) is 4.79 Å². The van der Waals surface area contributed by atoms with Gasteiger partial charge >= 0.3 is 0 Å². The Labute approximate surface area is 95.1 Å². The van der Waals surface area contributed by atoms with Gasteiger partial charge in [-0.2, -0.15) is 11.8 Å². The Kier molecular flexibility index (Phi) is 6.80. The minimum Gasteiger partial charge on any atom is -0.382 e. The van der Waals surface area contributed by atoms with Crippen molar-refractivity contribution in [1.29, 1.82) is 0 Å². The lowest BCUT2D eigenvalue weighted by atomic mass is 10.2. The lowest BCUT2D eigenvalue weighted by Crippen LogP contribution is -2.32. The van der Waals surface area contributed by atoms with E-state index in [0.717, 1.165) is 6.54 Å². The number of amides is 1. The van der Waals surface area contributed by atoms with E-state index in [2.05, 4.69) is 5.32 Å². The Morgan fingerprint density at radius 3 is 3.07 bits per heavy atom. The van der Waals surface area contributed by atoms with Crippen LogP contribution in [0.25, 0.3) is 0 Å². The molecule has 0 spiro atoms. The number of thioether (sulfide) groups is 1. The summed E-state index contributed by atoms with van der Waals surface area (Å²) in [5.74, 6) is 1.20. The molecule has 0 bridgehead atoms. The largest absolute Gasteiger partial charge is 0.382 e. The predicted octanol–water partition coefficient (Wildman–Crippen LogP) is 0.661. The van der Waals surface area contributed by atoms with Crippen LogP contribution in [-0.4, -0.2) is 50.4 Å². The Balaban J connectivity index is 1.93. The van der Waals surface area contributed by atoms with Crippen molar-refractivity contribution in [1.82, 2.24) is 5.32 Å². The molecule has 0 aromatic heterocycles. The number of ether oxygens (including phenoxy) is 2. The van der Waals surface area contributed by atoms with Crippen LogP contribution in [0, 0.1) is 0 Å². The number of carbonyl (C=O) groups is 1. The van der Waals surface area contributed by atoms with E-state index >= 15 is 0 Å². The maximum Gasteiger partial charge on any atom is 0.246 e. The molecule has 1 atom stereocenters. The molecule has 1 rings (SSSR count). The monoisotopic (exact) mass is 233 g/mol. The second kappa shape index (κ2) is 7.96. The second-order valence-corrected chi connectivity index (χ2v) is 4.89. The number of carbonyl (C=O) groups excluding carboxylic acids is 1. The van der Waals surface area contributed by atoms with Gasteiger partial charge < -0.3 is 14.8 Å². The zero-order valence-electron chi connectivity index (χ0n) is 9.16. The molecule has 4 nitrogen and oxygen atoms in total. The summed E-state index contributed by atoms with van der Waals surface area (Å²) in [5.41, 5.74) is 0. The molecule has 15 heavy (non-hydrogen) atoms. The summed E-state index contributed by atoms with van der Waals surface area (Å²) < 4.78 is 9.91. The summed E-state index contributed by atoms with van der Waals surface area (Å²) in [7, 11) is 1.61. The average Bonchev–Trinajstić information content (AvgIpc) is 2.74. The van der Waals surface area contributed by atoms with E-state index < -0.39 is 0 Å². The van der Waals surface area contributed by atoms with Crippen LogP contribution in [0.5, 0.6) is 0 Å². The molecule has 1 saturated heterocycles. The van der Waals surface area contributed by atoms with Crippen LogP contribution in [0.3, 0.4) is 0 Å². The molecule has 0 saturated carbocycles. The molecule has 1 aliphatic heterocycles. The van der Waals surface area contributed by atoms with Crippen LogP contribution < -0.4 is 5.32 Å². The number of nitrogens with one attached hydrogen (secondary N) is 1. The first-order valence-electron chi connectivity index (χ1n) is 5.28. The van der Waals surface area contributed by atoms with Gasteiger partial charge in [-0.05, 0) is 18.6 Å². The Morgan fingerprint density at radius 2 is 2.40 bits per heavy atom. The van der Waals surface area contributed by atoms with Crippen LogP contribution in [0.15, 0.2) is 0 Å². The Bertz CT molecular complexity index is 184. The Hall–Kier alpha value is -0.260. The summed E-state index contributed by atoms with van der Waals surface area (Å²) >= 11 is 1.94. The third-order valence-electron chi connectivity index (χ3n) is 2.22. The van der Waals surface area contributed by atoms with Crippen molar-refractivity contribution < 1.29 is 14.3 Å². The molecule has 0 aromatic carbocycles. The fourth-order valence-corrected chi connectivity index (χ4v) is 2.59. The van der Waals surface area contributed by atoms with Crippen LogP contribution in [0.1, 0.15) is 12.8 Å². The molecule has 0 aliphatic carbocycles. The first-order chi connectivity index (χ1) is 7.33. The SMILES string of the molecule is COCCOCC(=O)NCC1CCCS1. The minimum atomic E-state index is -0.0291. The van der Waals surface area contributed by atoms with Crippen molar-refractivity contribution in [3.63, 3.8) is 0 Å². The zero-order valence-corrected chi connectivity index (χ0v) is 9.98. The van der Waals surface area contributed by atoms with Gasteiger partial charge in [0.15, 0.2) is 0 Å². The lowest BCUT2D eigenvalue weighted by molar-refractivity contribution is -0.126. The number of methoxy groups -OCH3 is 1. The van der Waals surface area contributed by atoms with Gasteiger partial charge in [-0.25, -0.2) is 0 Å². The van der Waals surface area contributed by atoms with Crippen molar-refractivity contribution >= 4 is 17.7 Å². The zero-order chi connectivity index (χ0) is 10.9. The molecule has 5 heteroatoms. The third-order valence-corrected chi connectivity index (χ3v) is 3.61. The van der Waals surface area contributed by atoms with Crippen LogP contribution in [0.2, 0.25) is 0 Å². The summed E-state index contributed by atoms with van der Waals surface area (Å²) in [4.78, 5) is 11.3. The molecule has 1 unspecified atom stereocenters. The summed E-state index contributed by atoms with van der Waals surface area (Å²) in [6.45, 7) is 1.92. The highest BCUT2D eigenvalue weighted by atomic mass is 32.2. The van der Waals surface area contributed by atoms with E-state index in [0.29, 0.717) is 18.5 Å². The maximum absolute atomic E-state index is 11.3. The average molecular weight is 233 g/mol. The van der Waals surface area contributed by atoms with Crippen molar-refractivity contribution in [3.8, 4) is 0 Å². The van der Waals surface area contributed by atoms with Gasteiger partial charge in [0.2, 0.25) is 5.91 Å². The fourth-order valence-electron chi connectivity index (χ4n) is 1.39. The van der Waals surface area contributed by atoms with Gasteiger partial charge in [-0.15, -0.1) is 0 Å².